The third-order valence-corrected chi connectivity index (χ3v) is 2.69. The lowest BCUT2D eigenvalue weighted by atomic mass is 10.1. The summed E-state index contributed by atoms with van der Waals surface area (Å²) in [6, 6.07) is 7.95. The van der Waals surface area contributed by atoms with Gasteiger partial charge in [0.05, 0.1) is 7.11 Å². The fourth-order valence-electron chi connectivity index (χ4n) is 1.55. The van der Waals surface area contributed by atoms with Gasteiger partial charge in [0.15, 0.2) is 0 Å². The van der Waals surface area contributed by atoms with Crippen LogP contribution in [0.15, 0.2) is 48.6 Å². The molecule has 1 rings (SSSR count). The summed E-state index contributed by atoms with van der Waals surface area (Å²) in [5.41, 5.74) is 1.21. The van der Waals surface area contributed by atoms with Gasteiger partial charge in [0.1, 0.15) is 5.75 Å². The van der Waals surface area contributed by atoms with Gasteiger partial charge in [-0.05, 0) is 30.0 Å². The average Bonchev–Trinajstić information content (AvgIpc) is 2.45. The molecule has 0 aliphatic carbocycles. The van der Waals surface area contributed by atoms with Gasteiger partial charge in [-0.1, -0.05) is 44.2 Å². The number of carbonyl (C=O) groups is 1. The molecule has 20 heavy (non-hydrogen) atoms. The fourth-order valence-corrected chi connectivity index (χ4v) is 1.55. The maximum absolute atomic E-state index is 11.4. The van der Waals surface area contributed by atoms with Gasteiger partial charge in [0.25, 0.3) is 0 Å². The molecule has 0 heterocycles. The van der Waals surface area contributed by atoms with Crippen molar-refractivity contribution in [3.8, 4) is 5.75 Å². The zero-order valence-corrected chi connectivity index (χ0v) is 12.4. The summed E-state index contributed by atoms with van der Waals surface area (Å²) in [5, 5.41) is 2.83. The van der Waals surface area contributed by atoms with Crippen LogP contribution in [0.3, 0.4) is 0 Å². The van der Waals surface area contributed by atoms with Crippen molar-refractivity contribution in [1.29, 1.82) is 0 Å². The monoisotopic (exact) mass is 273 g/mol. The minimum absolute atomic E-state index is 0.0483. The number of ether oxygens (including phenoxy) is 1. The zero-order chi connectivity index (χ0) is 14.8. The second kappa shape index (κ2) is 8.97. The highest BCUT2D eigenvalue weighted by Gasteiger charge is 1.96. The van der Waals surface area contributed by atoms with Crippen molar-refractivity contribution >= 4 is 5.91 Å². The van der Waals surface area contributed by atoms with Crippen LogP contribution in [0, 0.1) is 5.92 Å². The van der Waals surface area contributed by atoms with Gasteiger partial charge in [-0.3, -0.25) is 4.79 Å². The van der Waals surface area contributed by atoms with E-state index >= 15 is 0 Å². The van der Waals surface area contributed by atoms with Crippen molar-refractivity contribution in [3.63, 3.8) is 0 Å². The molecule has 0 atom stereocenters. The summed E-state index contributed by atoms with van der Waals surface area (Å²) >= 11 is 0. The lowest BCUT2D eigenvalue weighted by Gasteiger charge is -2.03. The Balaban J connectivity index is 2.31. The Morgan fingerprint density at radius 3 is 2.55 bits per heavy atom. The van der Waals surface area contributed by atoms with Crippen molar-refractivity contribution in [2.75, 3.05) is 13.7 Å². The molecule has 0 spiro atoms. The summed E-state index contributed by atoms with van der Waals surface area (Å²) in [4.78, 5) is 11.4. The van der Waals surface area contributed by atoms with E-state index in [0.717, 1.165) is 12.2 Å². The van der Waals surface area contributed by atoms with Crippen LogP contribution in [0.4, 0.5) is 0 Å². The van der Waals surface area contributed by atoms with Crippen LogP contribution < -0.4 is 10.1 Å². The smallest absolute Gasteiger partial charge is 0.243 e. The van der Waals surface area contributed by atoms with E-state index in [9.17, 15) is 4.79 Å². The second-order valence-corrected chi connectivity index (χ2v) is 4.98. The molecule has 0 aliphatic rings. The molecule has 1 amide bonds. The first kappa shape index (κ1) is 16.0. The third-order valence-electron chi connectivity index (χ3n) is 2.69. The maximum atomic E-state index is 11.4. The van der Waals surface area contributed by atoms with E-state index in [0.29, 0.717) is 12.5 Å². The number of methoxy groups -OCH3 is 1. The molecule has 0 bridgehead atoms. The van der Waals surface area contributed by atoms with Crippen LogP contribution in [0.2, 0.25) is 0 Å². The highest BCUT2D eigenvalue weighted by Crippen LogP contribution is 2.11. The lowest BCUT2D eigenvalue weighted by Crippen LogP contribution is -2.25. The van der Waals surface area contributed by atoms with Gasteiger partial charge in [-0.15, -0.1) is 0 Å². The summed E-state index contributed by atoms with van der Waals surface area (Å²) < 4.78 is 5.10. The van der Waals surface area contributed by atoms with E-state index in [1.165, 1.54) is 5.56 Å². The Hall–Kier alpha value is -2.03. The molecule has 3 heteroatoms. The predicted molar refractivity (Wildman–Crippen MR) is 82.8 cm³/mol. The van der Waals surface area contributed by atoms with Crippen molar-refractivity contribution < 1.29 is 9.53 Å². The largest absolute Gasteiger partial charge is 0.497 e. The zero-order valence-electron chi connectivity index (χ0n) is 12.4. The number of nitrogens with one attached hydrogen (secondary N) is 1. The van der Waals surface area contributed by atoms with Crippen LogP contribution in [-0.4, -0.2) is 19.6 Å². The van der Waals surface area contributed by atoms with Gasteiger partial charge >= 0.3 is 0 Å². The number of benzene rings is 1. The number of hydrogen-bond donors (Lipinski definition) is 1. The SMILES string of the molecule is COc1ccc(C/C=C/C=C/C(=O)NCC(C)C)cc1. The second-order valence-electron chi connectivity index (χ2n) is 4.98. The normalized spacial score (nSPS) is 11.4. The molecule has 0 radical (unpaired) electrons. The Kier molecular flexibility index (Phi) is 7.18. The number of rotatable bonds is 7. The average molecular weight is 273 g/mol. The van der Waals surface area contributed by atoms with Gasteiger partial charge in [0.2, 0.25) is 5.91 Å². The molecule has 0 saturated carbocycles. The van der Waals surface area contributed by atoms with Gasteiger partial charge < -0.3 is 10.1 Å². The van der Waals surface area contributed by atoms with E-state index in [4.69, 9.17) is 4.74 Å². The molecule has 0 aliphatic heterocycles. The summed E-state index contributed by atoms with van der Waals surface area (Å²) in [6.07, 6.45) is 8.06. The summed E-state index contributed by atoms with van der Waals surface area (Å²) in [7, 11) is 1.66. The van der Waals surface area contributed by atoms with E-state index in [-0.39, 0.29) is 5.91 Å². The predicted octanol–water partition coefficient (Wildman–Crippen LogP) is 3.12. The first-order chi connectivity index (χ1) is 9.61. The molecular formula is C17H23NO2. The summed E-state index contributed by atoms with van der Waals surface area (Å²) in [6.45, 7) is 4.84. The van der Waals surface area contributed by atoms with Crippen molar-refractivity contribution in [2.24, 2.45) is 5.92 Å². The van der Waals surface area contributed by atoms with Crippen molar-refractivity contribution in [1.82, 2.24) is 5.32 Å². The molecule has 0 aromatic heterocycles. The van der Waals surface area contributed by atoms with Crippen LogP contribution in [0.25, 0.3) is 0 Å². The van der Waals surface area contributed by atoms with E-state index in [2.05, 4.69) is 19.2 Å². The van der Waals surface area contributed by atoms with E-state index in [1.807, 2.05) is 36.4 Å². The molecule has 1 N–H and O–H groups in total. The van der Waals surface area contributed by atoms with Crippen molar-refractivity contribution in [3.05, 3.63) is 54.1 Å². The van der Waals surface area contributed by atoms with E-state index < -0.39 is 0 Å². The fraction of sp³-hybridized carbons (Fsp3) is 0.353. The first-order valence-corrected chi connectivity index (χ1v) is 6.85. The number of carbonyl (C=O) groups excluding carboxylic acids is 1. The molecule has 1 aromatic rings. The van der Waals surface area contributed by atoms with Crippen LogP contribution >= 0.6 is 0 Å². The molecule has 1 aromatic carbocycles. The summed E-state index contributed by atoms with van der Waals surface area (Å²) in [5.74, 6) is 1.28. The van der Waals surface area contributed by atoms with Crippen molar-refractivity contribution in [2.45, 2.75) is 20.3 Å². The quantitative estimate of drug-likeness (QED) is 0.612. The Morgan fingerprint density at radius 2 is 1.95 bits per heavy atom. The van der Waals surface area contributed by atoms with Gasteiger partial charge in [0, 0.05) is 12.6 Å². The minimum atomic E-state index is -0.0483. The molecular weight excluding hydrogens is 250 g/mol. The first-order valence-electron chi connectivity index (χ1n) is 6.85. The number of hydrogen-bond acceptors (Lipinski definition) is 2. The molecule has 108 valence electrons. The Labute approximate surface area is 121 Å². The number of amides is 1. The molecule has 0 saturated heterocycles. The highest BCUT2D eigenvalue weighted by atomic mass is 16.5. The Bertz CT molecular complexity index is 458. The third kappa shape index (κ3) is 6.78. The topological polar surface area (TPSA) is 38.3 Å². The number of allylic oxidation sites excluding steroid dienone is 3. The molecule has 3 nitrogen and oxygen atoms in total. The molecule has 0 unspecified atom stereocenters. The standard InChI is InChI=1S/C17H23NO2/c1-14(2)13-18-17(19)8-6-4-5-7-15-9-11-16(20-3)12-10-15/h4-6,8-12,14H,7,13H2,1-3H3,(H,18,19)/b5-4+,8-6+. The van der Waals surface area contributed by atoms with Crippen LogP contribution in [0.1, 0.15) is 19.4 Å². The highest BCUT2D eigenvalue weighted by molar-refractivity contribution is 5.87. The lowest BCUT2D eigenvalue weighted by molar-refractivity contribution is -0.116. The van der Waals surface area contributed by atoms with Crippen LogP contribution in [0.5, 0.6) is 5.75 Å². The molecule has 0 fully saturated rings. The van der Waals surface area contributed by atoms with E-state index in [1.54, 1.807) is 19.3 Å². The minimum Gasteiger partial charge on any atom is -0.497 e. The van der Waals surface area contributed by atoms with Gasteiger partial charge in [-0.25, -0.2) is 0 Å². The van der Waals surface area contributed by atoms with Crippen LogP contribution in [-0.2, 0) is 11.2 Å². The maximum Gasteiger partial charge on any atom is 0.243 e. The van der Waals surface area contributed by atoms with Gasteiger partial charge in [-0.2, -0.15) is 0 Å². The Morgan fingerprint density at radius 1 is 1.25 bits per heavy atom.